The van der Waals surface area contributed by atoms with Crippen molar-refractivity contribution in [2.45, 2.75) is 31.4 Å². The van der Waals surface area contributed by atoms with E-state index in [0.717, 1.165) is 49.5 Å². The third kappa shape index (κ3) is 3.95. The van der Waals surface area contributed by atoms with Gasteiger partial charge in [-0.1, -0.05) is 23.7 Å². The van der Waals surface area contributed by atoms with E-state index in [0.29, 0.717) is 0 Å². The van der Waals surface area contributed by atoms with E-state index in [1.807, 2.05) is 24.3 Å². The van der Waals surface area contributed by atoms with Crippen LogP contribution in [0.15, 0.2) is 24.3 Å². The van der Waals surface area contributed by atoms with Crippen molar-refractivity contribution < 1.29 is 5.11 Å². The number of piperidine rings is 1. The summed E-state index contributed by atoms with van der Waals surface area (Å²) in [5, 5.41) is 10.2. The second kappa shape index (κ2) is 6.53. The van der Waals surface area contributed by atoms with Crippen molar-refractivity contribution in [1.82, 2.24) is 4.90 Å². The smallest absolute Gasteiger partial charge is 0.0564 e. The average Bonchev–Trinajstić information content (AvgIpc) is 2.38. The van der Waals surface area contributed by atoms with Crippen LogP contribution in [-0.4, -0.2) is 35.7 Å². The van der Waals surface area contributed by atoms with Gasteiger partial charge in [-0.05, 0) is 43.5 Å². The van der Waals surface area contributed by atoms with Gasteiger partial charge in [0.15, 0.2) is 0 Å². The van der Waals surface area contributed by atoms with Crippen molar-refractivity contribution in [3.05, 3.63) is 34.9 Å². The number of aliphatic hydroxyl groups excluding tert-OH is 1. The van der Waals surface area contributed by atoms with Crippen LogP contribution >= 0.6 is 11.6 Å². The van der Waals surface area contributed by atoms with Crippen molar-refractivity contribution in [2.24, 2.45) is 5.73 Å². The predicted molar refractivity (Wildman–Crippen MR) is 74.7 cm³/mol. The first kappa shape index (κ1) is 13.8. The number of likely N-dealkylation sites (tertiary alicyclic amines) is 1. The van der Waals surface area contributed by atoms with Crippen molar-refractivity contribution in [3.8, 4) is 0 Å². The molecule has 1 aliphatic heterocycles. The highest BCUT2D eigenvalue weighted by Crippen LogP contribution is 2.18. The summed E-state index contributed by atoms with van der Waals surface area (Å²) in [6, 6.07) is 7.82. The van der Waals surface area contributed by atoms with Gasteiger partial charge in [0.05, 0.1) is 6.10 Å². The van der Waals surface area contributed by atoms with E-state index in [4.69, 9.17) is 17.3 Å². The first-order chi connectivity index (χ1) is 8.65. The Morgan fingerprint density at radius 2 is 1.89 bits per heavy atom. The molecule has 0 bridgehead atoms. The van der Waals surface area contributed by atoms with Gasteiger partial charge in [-0.3, -0.25) is 0 Å². The standard InChI is InChI=1S/C14H21ClN2O/c15-12-3-1-11(2-4-12)14(16)7-10-17-8-5-13(18)6-9-17/h1-4,13-14,18H,5-10,16H2. The van der Waals surface area contributed by atoms with E-state index in [2.05, 4.69) is 4.90 Å². The molecule has 1 atom stereocenters. The average molecular weight is 269 g/mol. The Kier molecular flexibility index (Phi) is 5.01. The summed E-state index contributed by atoms with van der Waals surface area (Å²) in [4.78, 5) is 2.38. The van der Waals surface area contributed by atoms with Gasteiger partial charge in [-0.2, -0.15) is 0 Å². The second-order valence-corrected chi connectivity index (χ2v) is 5.46. The second-order valence-electron chi connectivity index (χ2n) is 5.02. The van der Waals surface area contributed by atoms with Crippen LogP contribution in [0.1, 0.15) is 30.9 Å². The van der Waals surface area contributed by atoms with Crippen molar-refractivity contribution >= 4 is 11.6 Å². The van der Waals surface area contributed by atoms with Crippen LogP contribution in [0.4, 0.5) is 0 Å². The minimum atomic E-state index is -0.105. The van der Waals surface area contributed by atoms with Gasteiger partial charge in [0, 0.05) is 24.2 Å². The van der Waals surface area contributed by atoms with E-state index >= 15 is 0 Å². The Hall–Kier alpha value is -0.610. The van der Waals surface area contributed by atoms with E-state index in [9.17, 15) is 5.11 Å². The molecule has 2 rings (SSSR count). The maximum Gasteiger partial charge on any atom is 0.0564 e. The fourth-order valence-corrected chi connectivity index (χ4v) is 2.47. The summed E-state index contributed by atoms with van der Waals surface area (Å²) in [5.41, 5.74) is 7.31. The lowest BCUT2D eigenvalue weighted by atomic mass is 10.0. The van der Waals surface area contributed by atoms with Gasteiger partial charge in [0.25, 0.3) is 0 Å². The molecule has 1 saturated heterocycles. The molecular weight excluding hydrogens is 248 g/mol. The zero-order chi connectivity index (χ0) is 13.0. The van der Waals surface area contributed by atoms with Gasteiger partial charge in [-0.15, -0.1) is 0 Å². The van der Waals surface area contributed by atoms with Gasteiger partial charge < -0.3 is 15.7 Å². The highest BCUT2D eigenvalue weighted by molar-refractivity contribution is 6.30. The zero-order valence-corrected chi connectivity index (χ0v) is 11.3. The minimum absolute atomic E-state index is 0.0640. The molecule has 4 heteroatoms. The lowest BCUT2D eigenvalue weighted by Crippen LogP contribution is -2.37. The third-order valence-electron chi connectivity index (χ3n) is 3.61. The first-order valence-corrected chi connectivity index (χ1v) is 6.94. The molecule has 0 radical (unpaired) electrons. The van der Waals surface area contributed by atoms with Crippen LogP contribution in [0.3, 0.4) is 0 Å². The molecule has 100 valence electrons. The van der Waals surface area contributed by atoms with Crippen molar-refractivity contribution in [2.75, 3.05) is 19.6 Å². The molecule has 1 heterocycles. The van der Waals surface area contributed by atoms with Gasteiger partial charge in [-0.25, -0.2) is 0 Å². The van der Waals surface area contributed by atoms with Gasteiger partial charge in [0.2, 0.25) is 0 Å². The molecule has 0 saturated carbocycles. The van der Waals surface area contributed by atoms with Crippen LogP contribution < -0.4 is 5.73 Å². The van der Waals surface area contributed by atoms with Crippen LogP contribution in [0.25, 0.3) is 0 Å². The van der Waals surface area contributed by atoms with Crippen LogP contribution in [0.5, 0.6) is 0 Å². The van der Waals surface area contributed by atoms with Crippen molar-refractivity contribution in [3.63, 3.8) is 0 Å². The Labute approximate surface area is 114 Å². The van der Waals surface area contributed by atoms with Gasteiger partial charge >= 0.3 is 0 Å². The molecule has 1 aromatic rings. The van der Waals surface area contributed by atoms with E-state index in [1.54, 1.807) is 0 Å². The fourth-order valence-electron chi connectivity index (χ4n) is 2.34. The minimum Gasteiger partial charge on any atom is -0.393 e. The molecule has 1 aromatic carbocycles. The monoisotopic (exact) mass is 268 g/mol. The molecule has 3 nitrogen and oxygen atoms in total. The summed E-state index contributed by atoms with van der Waals surface area (Å²) in [6.07, 6.45) is 2.61. The number of hydrogen-bond acceptors (Lipinski definition) is 3. The SMILES string of the molecule is NC(CCN1CCC(O)CC1)c1ccc(Cl)cc1. The number of halogens is 1. The molecule has 0 amide bonds. The van der Waals surface area contributed by atoms with Crippen molar-refractivity contribution in [1.29, 1.82) is 0 Å². The molecule has 0 aromatic heterocycles. The Bertz CT molecular complexity index is 361. The number of nitrogens with zero attached hydrogens (tertiary/aromatic N) is 1. The number of rotatable bonds is 4. The van der Waals surface area contributed by atoms with E-state index in [-0.39, 0.29) is 12.1 Å². The summed E-state index contributed by atoms with van der Waals surface area (Å²) in [7, 11) is 0. The van der Waals surface area contributed by atoms with Crippen LogP contribution in [0.2, 0.25) is 5.02 Å². The number of hydrogen-bond donors (Lipinski definition) is 2. The maximum absolute atomic E-state index is 9.44. The largest absolute Gasteiger partial charge is 0.393 e. The molecule has 3 N–H and O–H groups in total. The lowest BCUT2D eigenvalue weighted by Gasteiger charge is -2.30. The number of nitrogens with two attached hydrogens (primary N) is 1. The Morgan fingerprint density at radius 3 is 2.50 bits per heavy atom. The molecule has 0 spiro atoms. The molecule has 0 aliphatic carbocycles. The molecule has 18 heavy (non-hydrogen) atoms. The predicted octanol–water partition coefficient (Wildman–Crippen LogP) is 2.19. The van der Waals surface area contributed by atoms with Crippen LogP contribution in [0, 0.1) is 0 Å². The summed E-state index contributed by atoms with van der Waals surface area (Å²) in [5.74, 6) is 0. The van der Waals surface area contributed by atoms with E-state index in [1.165, 1.54) is 0 Å². The fraction of sp³-hybridized carbons (Fsp3) is 0.571. The molecule has 1 unspecified atom stereocenters. The third-order valence-corrected chi connectivity index (χ3v) is 3.86. The number of aliphatic hydroxyl groups is 1. The summed E-state index contributed by atoms with van der Waals surface area (Å²) < 4.78 is 0. The maximum atomic E-state index is 9.44. The zero-order valence-electron chi connectivity index (χ0n) is 10.6. The van der Waals surface area contributed by atoms with Gasteiger partial charge in [0.1, 0.15) is 0 Å². The molecular formula is C14H21ClN2O. The summed E-state index contributed by atoms with van der Waals surface area (Å²) in [6.45, 7) is 2.96. The van der Waals surface area contributed by atoms with E-state index < -0.39 is 0 Å². The normalized spacial score (nSPS) is 19.9. The van der Waals surface area contributed by atoms with Crippen LogP contribution in [-0.2, 0) is 0 Å². The highest BCUT2D eigenvalue weighted by atomic mass is 35.5. The first-order valence-electron chi connectivity index (χ1n) is 6.56. The lowest BCUT2D eigenvalue weighted by molar-refractivity contribution is 0.0812. The molecule has 1 fully saturated rings. The quantitative estimate of drug-likeness (QED) is 0.880. The Morgan fingerprint density at radius 1 is 1.28 bits per heavy atom. The number of benzene rings is 1. The Balaban J connectivity index is 1.77. The molecule has 1 aliphatic rings. The highest BCUT2D eigenvalue weighted by Gasteiger charge is 2.17. The topological polar surface area (TPSA) is 49.5 Å². The summed E-state index contributed by atoms with van der Waals surface area (Å²) >= 11 is 5.86.